The van der Waals surface area contributed by atoms with Gasteiger partial charge in [-0.3, -0.25) is 4.99 Å². The van der Waals surface area contributed by atoms with Crippen LogP contribution in [0.25, 0.3) is 0 Å². The molecule has 1 atom stereocenters. The summed E-state index contributed by atoms with van der Waals surface area (Å²) in [6.45, 7) is 10.8. The first kappa shape index (κ1) is 16.9. The molecule has 0 aromatic heterocycles. The van der Waals surface area contributed by atoms with Crippen molar-refractivity contribution in [2.45, 2.75) is 33.3 Å². The van der Waals surface area contributed by atoms with Gasteiger partial charge in [-0.05, 0) is 20.3 Å². The predicted molar refractivity (Wildman–Crippen MR) is 75.0 cm³/mol. The van der Waals surface area contributed by atoms with E-state index in [9.17, 15) is 0 Å². The lowest BCUT2D eigenvalue weighted by Gasteiger charge is -2.14. The Morgan fingerprint density at radius 3 is 2.56 bits per heavy atom. The summed E-state index contributed by atoms with van der Waals surface area (Å²) in [5.41, 5.74) is 1.67. The van der Waals surface area contributed by atoms with E-state index in [0.29, 0.717) is 25.6 Å². The van der Waals surface area contributed by atoms with Crippen molar-refractivity contribution in [3.63, 3.8) is 0 Å². The number of hydrogen-bond acceptors (Lipinski definition) is 4. The Balaban J connectivity index is 4.65. The summed E-state index contributed by atoms with van der Waals surface area (Å²) in [6.07, 6.45) is 2.42. The van der Waals surface area contributed by atoms with Gasteiger partial charge in [0, 0.05) is 12.6 Å². The number of aliphatic hydroxyl groups is 1. The summed E-state index contributed by atoms with van der Waals surface area (Å²) in [5, 5.41) is 9.15. The molecule has 0 aliphatic carbocycles. The first-order valence-corrected chi connectivity index (χ1v) is 6.30. The second-order valence-electron chi connectivity index (χ2n) is 3.92. The van der Waals surface area contributed by atoms with Crippen molar-refractivity contribution >= 4 is 5.71 Å². The van der Waals surface area contributed by atoms with Gasteiger partial charge in [0.15, 0.2) is 0 Å². The van der Waals surface area contributed by atoms with Gasteiger partial charge in [-0.2, -0.15) is 0 Å². The molecular weight excluding hydrogens is 230 g/mol. The van der Waals surface area contributed by atoms with Crippen LogP contribution in [0.5, 0.6) is 0 Å². The minimum Gasteiger partial charge on any atom is -0.494 e. The molecule has 0 radical (unpaired) electrons. The Labute approximate surface area is 110 Å². The molecule has 0 aromatic rings. The number of nitrogens with zero attached hydrogens (tertiary/aromatic N) is 1. The molecule has 104 valence electrons. The van der Waals surface area contributed by atoms with E-state index in [1.54, 1.807) is 14.0 Å². The minimum absolute atomic E-state index is 0.291. The van der Waals surface area contributed by atoms with Gasteiger partial charge in [0.05, 0.1) is 31.6 Å². The van der Waals surface area contributed by atoms with Crippen LogP contribution in [0.2, 0.25) is 0 Å². The van der Waals surface area contributed by atoms with Crippen LogP contribution >= 0.6 is 0 Å². The zero-order valence-corrected chi connectivity index (χ0v) is 11.9. The number of hydrogen-bond donors (Lipinski definition) is 1. The Morgan fingerprint density at radius 1 is 1.44 bits per heavy atom. The lowest BCUT2D eigenvalue weighted by atomic mass is 10.1. The van der Waals surface area contributed by atoms with Crippen molar-refractivity contribution in [2.75, 3.05) is 26.9 Å². The van der Waals surface area contributed by atoms with Gasteiger partial charge < -0.3 is 14.6 Å². The maximum Gasteiger partial charge on any atom is 0.120 e. The standard InChI is InChI=1S/C14H25NO3/c1-6-8-13(12(4)18-7-2)14(15-5)10-17-9-11(3)16/h8,11,16H,4,6-7,9-10H2,1-3,5H3/b13-8-,15-14?. The zero-order valence-electron chi connectivity index (χ0n) is 11.9. The summed E-state index contributed by atoms with van der Waals surface area (Å²) < 4.78 is 10.8. The van der Waals surface area contributed by atoms with Crippen LogP contribution in [0.3, 0.4) is 0 Å². The Bertz CT molecular complexity index is 306. The Kier molecular flexibility index (Phi) is 9.24. The lowest BCUT2D eigenvalue weighted by molar-refractivity contribution is 0.0643. The molecule has 0 aromatic carbocycles. The molecule has 0 spiro atoms. The van der Waals surface area contributed by atoms with E-state index in [4.69, 9.17) is 14.6 Å². The van der Waals surface area contributed by atoms with Crippen LogP contribution in [0, 0.1) is 0 Å². The molecule has 1 N–H and O–H groups in total. The minimum atomic E-state index is -0.475. The Hall–Kier alpha value is -1.13. The number of aliphatic hydroxyl groups excluding tert-OH is 1. The van der Waals surface area contributed by atoms with Crippen molar-refractivity contribution in [3.05, 3.63) is 24.0 Å². The van der Waals surface area contributed by atoms with Gasteiger partial charge in [-0.1, -0.05) is 19.6 Å². The van der Waals surface area contributed by atoms with Crippen molar-refractivity contribution in [2.24, 2.45) is 4.99 Å². The van der Waals surface area contributed by atoms with Gasteiger partial charge >= 0.3 is 0 Å². The molecule has 0 saturated carbocycles. The molecule has 0 bridgehead atoms. The smallest absolute Gasteiger partial charge is 0.120 e. The van der Waals surface area contributed by atoms with Crippen LogP contribution < -0.4 is 0 Å². The molecule has 0 aliphatic rings. The van der Waals surface area contributed by atoms with E-state index in [1.807, 2.05) is 19.9 Å². The molecule has 0 rings (SSSR count). The molecule has 0 aliphatic heterocycles. The zero-order chi connectivity index (χ0) is 14.0. The van der Waals surface area contributed by atoms with Crippen LogP contribution in [-0.4, -0.2) is 43.8 Å². The maximum atomic E-state index is 9.15. The van der Waals surface area contributed by atoms with Crippen LogP contribution in [0.4, 0.5) is 0 Å². The number of rotatable bonds is 9. The van der Waals surface area contributed by atoms with Gasteiger partial charge in [0.1, 0.15) is 5.76 Å². The highest BCUT2D eigenvalue weighted by atomic mass is 16.5. The average Bonchev–Trinajstić information content (AvgIpc) is 2.32. The lowest BCUT2D eigenvalue weighted by Crippen LogP contribution is -2.19. The highest BCUT2D eigenvalue weighted by Crippen LogP contribution is 2.13. The summed E-state index contributed by atoms with van der Waals surface area (Å²) in [7, 11) is 1.71. The van der Waals surface area contributed by atoms with Crippen LogP contribution in [0.15, 0.2) is 29.0 Å². The summed E-state index contributed by atoms with van der Waals surface area (Å²) >= 11 is 0. The van der Waals surface area contributed by atoms with E-state index in [0.717, 1.165) is 17.7 Å². The SMILES string of the molecule is C=C(OCC)/C(=C/CC)C(COCC(C)O)=NC. The highest BCUT2D eigenvalue weighted by Gasteiger charge is 2.11. The summed E-state index contributed by atoms with van der Waals surface area (Å²) in [4.78, 5) is 4.21. The maximum absolute atomic E-state index is 9.15. The Morgan fingerprint density at radius 2 is 2.11 bits per heavy atom. The van der Waals surface area contributed by atoms with Gasteiger partial charge in [-0.15, -0.1) is 0 Å². The van der Waals surface area contributed by atoms with Gasteiger partial charge in [-0.25, -0.2) is 0 Å². The largest absolute Gasteiger partial charge is 0.494 e. The fourth-order valence-electron chi connectivity index (χ4n) is 1.44. The second-order valence-corrected chi connectivity index (χ2v) is 3.92. The third-order valence-corrected chi connectivity index (χ3v) is 2.21. The topological polar surface area (TPSA) is 51.0 Å². The molecule has 0 heterocycles. The fraction of sp³-hybridized carbons (Fsp3) is 0.643. The van der Waals surface area contributed by atoms with Crippen molar-refractivity contribution in [1.82, 2.24) is 0 Å². The molecule has 18 heavy (non-hydrogen) atoms. The number of aliphatic imine (C=N–C) groups is 1. The molecule has 4 nitrogen and oxygen atoms in total. The molecule has 0 saturated heterocycles. The third-order valence-electron chi connectivity index (χ3n) is 2.21. The molecule has 4 heteroatoms. The van der Waals surface area contributed by atoms with E-state index in [2.05, 4.69) is 11.6 Å². The molecule has 0 amide bonds. The van der Waals surface area contributed by atoms with E-state index >= 15 is 0 Å². The summed E-state index contributed by atoms with van der Waals surface area (Å²) in [6, 6.07) is 0. The van der Waals surface area contributed by atoms with Gasteiger partial charge in [0.25, 0.3) is 0 Å². The van der Waals surface area contributed by atoms with Crippen molar-refractivity contribution in [1.29, 1.82) is 0 Å². The van der Waals surface area contributed by atoms with Crippen LogP contribution in [0.1, 0.15) is 27.2 Å². The third kappa shape index (κ3) is 6.57. The number of ether oxygens (including phenoxy) is 2. The van der Waals surface area contributed by atoms with Gasteiger partial charge in [0.2, 0.25) is 0 Å². The van der Waals surface area contributed by atoms with Crippen molar-refractivity contribution < 1.29 is 14.6 Å². The average molecular weight is 255 g/mol. The highest BCUT2D eigenvalue weighted by molar-refractivity contribution is 6.04. The molecule has 0 fully saturated rings. The number of allylic oxidation sites excluding steroid dienone is 2. The first-order chi connectivity index (χ1) is 8.56. The summed E-state index contributed by atoms with van der Waals surface area (Å²) in [5.74, 6) is 0.612. The van der Waals surface area contributed by atoms with Crippen LogP contribution in [-0.2, 0) is 9.47 Å². The molecular formula is C14H25NO3. The fourth-order valence-corrected chi connectivity index (χ4v) is 1.44. The second kappa shape index (κ2) is 9.85. The van der Waals surface area contributed by atoms with E-state index < -0.39 is 6.10 Å². The normalized spacial score (nSPS) is 14.5. The van der Waals surface area contributed by atoms with Crippen molar-refractivity contribution in [3.8, 4) is 0 Å². The monoisotopic (exact) mass is 255 g/mol. The predicted octanol–water partition coefficient (Wildman–Crippen LogP) is 2.34. The first-order valence-electron chi connectivity index (χ1n) is 6.30. The van der Waals surface area contributed by atoms with E-state index in [-0.39, 0.29) is 0 Å². The quantitative estimate of drug-likeness (QED) is 0.391. The molecule has 1 unspecified atom stereocenters. The van der Waals surface area contributed by atoms with E-state index in [1.165, 1.54) is 0 Å².